The zero-order valence-corrected chi connectivity index (χ0v) is 26.7. The van der Waals surface area contributed by atoms with Crippen LogP contribution in [0.1, 0.15) is 36.6 Å². The first-order chi connectivity index (χ1) is 21.3. The summed E-state index contributed by atoms with van der Waals surface area (Å²) in [7, 11) is 0. The number of hydrogen-bond donors (Lipinski definition) is 1. The van der Waals surface area contributed by atoms with Crippen molar-refractivity contribution in [2.24, 2.45) is 0 Å². The molecule has 14 heteroatoms. The number of carbonyl (C=O) groups is 1. The van der Waals surface area contributed by atoms with Crippen LogP contribution in [0.4, 0.5) is 20.2 Å². The highest BCUT2D eigenvalue weighted by molar-refractivity contribution is 6.39. The third-order valence-corrected chi connectivity index (χ3v) is 8.74. The fourth-order valence-corrected chi connectivity index (χ4v) is 6.20. The maximum Gasteiger partial charge on any atom is 0.276 e. The molecule has 0 radical (unpaired) electrons. The first kappa shape index (κ1) is 32.2. The van der Waals surface area contributed by atoms with Crippen molar-refractivity contribution in [2.45, 2.75) is 26.7 Å². The normalized spacial score (nSPS) is 13.4. The second kappa shape index (κ2) is 12.3. The molecule has 0 atom stereocenters. The van der Waals surface area contributed by atoms with Gasteiger partial charge in [-0.3, -0.25) is 19.1 Å². The lowest BCUT2D eigenvalue weighted by Gasteiger charge is -2.36. The van der Waals surface area contributed by atoms with E-state index in [1.54, 1.807) is 29.0 Å². The molecule has 3 aromatic heterocycles. The molecular weight excluding hydrogens is 647 g/mol. The summed E-state index contributed by atoms with van der Waals surface area (Å²) in [6, 6.07) is 5.21. The SMILES string of the molecule is C=CC(=O)N1CCN(c2c(C#N)c(=O)n(-c3c(C)ccnc3C(C)C)c3nc(-c4c(F)c(Cl)c(F)c(N)c4Cl)c(Cl)cc23)CC1. The Balaban J connectivity index is 1.93. The van der Waals surface area contributed by atoms with E-state index in [1.807, 2.05) is 13.8 Å². The van der Waals surface area contributed by atoms with Crippen molar-refractivity contribution in [1.29, 1.82) is 5.26 Å². The molecule has 4 aromatic rings. The van der Waals surface area contributed by atoms with Crippen LogP contribution in [0.25, 0.3) is 28.0 Å². The highest BCUT2D eigenvalue weighted by atomic mass is 35.5. The molecule has 1 saturated heterocycles. The number of benzene rings is 1. The molecule has 1 fully saturated rings. The average Bonchev–Trinajstić information content (AvgIpc) is 3.02. The van der Waals surface area contributed by atoms with Gasteiger partial charge < -0.3 is 15.5 Å². The van der Waals surface area contributed by atoms with Gasteiger partial charge >= 0.3 is 0 Å². The number of nitrogens with zero attached hydrogens (tertiary/aromatic N) is 6. The van der Waals surface area contributed by atoms with E-state index in [0.717, 1.165) is 0 Å². The minimum absolute atomic E-state index is 0.00508. The Kier molecular flexibility index (Phi) is 8.77. The van der Waals surface area contributed by atoms with Gasteiger partial charge in [0.25, 0.3) is 5.56 Å². The summed E-state index contributed by atoms with van der Waals surface area (Å²) in [6.07, 6.45) is 2.83. The van der Waals surface area contributed by atoms with Crippen LogP contribution < -0.4 is 16.2 Å². The number of carbonyl (C=O) groups excluding carboxylic acids is 1. The second-order valence-corrected chi connectivity index (χ2v) is 11.9. The minimum atomic E-state index is -1.24. The molecule has 0 saturated carbocycles. The van der Waals surface area contributed by atoms with E-state index >= 15 is 4.39 Å². The Morgan fingerprint density at radius 2 is 1.80 bits per heavy atom. The summed E-state index contributed by atoms with van der Waals surface area (Å²) in [5, 5.41) is 9.13. The lowest BCUT2D eigenvalue weighted by atomic mass is 10.0. The number of rotatable bonds is 5. The molecule has 0 spiro atoms. The lowest BCUT2D eigenvalue weighted by molar-refractivity contribution is -0.126. The van der Waals surface area contributed by atoms with Crippen LogP contribution in [-0.4, -0.2) is 51.5 Å². The third kappa shape index (κ3) is 5.27. The van der Waals surface area contributed by atoms with E-state index in [1.165, 1.54) is 16.7 Å². The van der Waals surface area contributed by atoms with Gasteiger partial charge in [0.1, 0.15) is 22.3 Å². The average molecular weight is 673 g/mol. The summed E-state index contributed by atoms with van der Waals surface area (Å²) < 4.78 is 31.3. The highest BCUT2D eigenvalue weighted by Crippen LogP contribution is 2.44. The molecule has 1 aliphatic heterocycles. The van der Waals surface area contributed by atoms with Crippen LogP contribution in [0, 0.1) is 29.9 Å². The van der Waals surface area contributed by atoms with E-state index in [9.17, 15) is 19.2 Å². The first-order valence-electron chi connectivity index (χ1n) is 13.8. The monoisotopic (exact) mass is 671 g/mol. The summed E-state index contributed by atoms with van der Waals surface area (Å²) in [5.74, 6) is -2.88. The maximum atomic E-state index is 15.5. The van der Waals surface area contributed by atoms with Gasteiger partial charge in [0, 0.05) is 37.8 Å². The number of fused-ring (bicyclic) bond motifs is 1. The number of anilines is 2. The van der Waals surface area contributed by atoms with Gasteiger partial charge in [-0.25, -0.2) is 13.8 Å². The van der Waals surface area contributed by atoms with Gasteiger partial charge in [-0.15, -0.1) is 0 Å². The smallest absolute Gasteiger partial charge is 0.276 e. The standard InChI is InChI=1S/C31H26Cl3F2N7O2/c1-5-19(44)41-8-10-42(11-9-41)29-16-12-18(32)27(20-21(33)25(38)24(36)22(34)23(20)35)40-30(16)43(31(45)17(29)13-37)28-15(4)6-7-39-26(28)14(2)3/h5-7,12,14H,1,8-11,38H2,2-4H3. The molecule has 1 amide bonds. The summed E-state index contributed by atoms with van der Waals surface area (Å²) in [5.41, 5.74) is 5.44. The molecule has 0 aliphatic carbocycles. The number of aromatic nitrogens is 3. The number of nitrogen functional groups attached to an aromatic ring is 1. The molecule has 5 rings (SSSR count). The number of pyridine rings is 3. The molecule has 4 heterocycles. The van der Waals surface area contributed by atoms with Crippen LogP contribution in [0.15, 0.2) is 35.8 Å². The zero-order chi connectivity index (χ0) is 32.9. The van der Waals surface area contributed by atoms with Crippen LogP contribution >= 0.6 is 34.8 Å². The first-order valence-corrected chi connectivity index (χ1v) is 14.9. The Labute approximate surface area is 272 Å². The summed E-state index contributed by atoms with van der Waals surface area (Å²) in [4.78, 5) is 39.2. The molecule has 232 valence electrons. The van der Waals surface area contributed by atoms with Gasteiger partial charge in [0.2, 0.25) is 5.91 Å². The number of aryl methyl sites for hydroxylation is 1. The Morgan fingerprint density at radius 3 is 2.40 bits per heavy atom. The van der Waals surface area contributed by atoms with Gasteiger partial charge in [-0.2, -0.15) is 5.26 Å². The predicted molar refractivity (Wildman–Crippen MR) is 172 cm³/mol. The minimum Gasteiger partial charge on any atom is -0.395 e. The fraction of sp³-hybridized carbons (Fsp3) is 0.258. The number of piperazine rings is 1. The predicted octanol–water partition coefficient (Wildman–Crippen LogP) is 6.41. The Bertz CT molecular complexity index is 1990. The quantitative estimate of drug-likeness (QED) is 0.113. The summed E-state index contributed by atoms with van der Waals surface area (Å²) >= 11 is 19.0. The number of nitriles is 1. The molecule has 1 aromatic carbocycles. The Hall–Kier alpha value is -4.24. The molecule has 2 N–H and O–H groups in total. The molecule has 45 heavy (non-hydrogen) atoms. The Morgan fingerprint density at radius 1 is 1.13 bits per heavy atom. The van der Waals surface area contributed by atoms with Gasteiger partial charge in [-0.05, 0) is 36.6 Å². The lowest BCUT2D eigenvalue weighted by Crippen LogP contribution is -2.49. The fourth-order valence-electron chi connectivity index (χ4n) is 5.50. The van der Waals surface area contributed by atoms with E-state index in [2.05, 4.69) is 22.6 Å². The number of nitrogens with two attached hydrogens (primary N) is 1. The van der Waals surface area contributed by atoms with Crippen molar-refractivity contribution in [3.63, 3.8) is 0 Å². The van der Waals surface area contributed by atoms with Crippen molar-refractivity contribution < 1.29 is 13.6 Å². The molecule has 1 aliphatic rings. The molecular formula is C31H26Cl3F2N7O2. The highest BCUT2D eigenvalue weighted by Gasteiger charge is 2.31. The van der Waals surface area contributed by atoms with Crippen LogP contribution in [0.2, 0.25) is 15.1 Å². The summed E-state index contributed by atoms with van der Waals surface area (Å²) in [6.45, 7) is 10.3. The van der Waals surface area contributed by atoms with Gasteiger partial charge in [0.15, 0.2) is 11.6 Å². The number of amides is 1. The van der Waals surface area contributed by atoms with Crippen LogP contribution in [0.3, 0.4) is 0 Å². The van der Waals surface area contributed by atoms with Crippen LogP contribution in [0.5, 0.6) is 0 Å². The van der Waals surface area contributed by atoms with Crippen LogP contribution in [-0.2, 0) is 4.79 Å². The molecule has 0 bridgehead atoms. The number of hydrogen-bond acceptors (Lipinski definition) is 7. The molecule has 9 nitrogen and oxygen atoms in total. The topological polar surface area (TPSA) is 121 Å². The van der Waals surface area contributed by atoms with Crippen molar-refractivity contribution in [3.05, 3.63) is 84.9 Å². The van der Waals surface area contributed by atoms with Gasteiger partial charge in [0.05, 0.1) is 44.1 Å². The van der Waals surface area contributed by atoms with Crippen molar-refractivity contribution in [3.8, 4) is 23.0 Å². The molecule has 0 unspecified atom stereocenters. The largest absolute Gasteiger partial charge is 0.395 e. The number of halogens is 5. The zero-order valence-electron chi connectivity index (χ0n) is 24.4. The maximum absolute atomic E-state index is 15.5. The van der Waals surface area contributed by atoms with E-state index in [0.29, 0.717) is 35.4 Å². The van der Waals surface area contributed by atoms with Crippen molar-refractivity contribution in [2.75, 3.05) is 36.8 Å². The second-order valence-electron chi connectivity index (χ2n) is 10.7. The van der Waals surface area contributed by atoms with E-state index in [4.69, 9.17) is 40.5 Å². The van der Waals surface area contributed by atoms with Gasteiger partial charge in [-0.1, -0.05) is 55.2 Å². The van der Waals surface area contributed by atoms with E-state index < -0.39 is 38.5 Å². The van der Waals surface area contributed by atoms with Crippen molar-refractivity contribution in [1.82, 2.24) is 19.4 Å². The third-order valence-electron chi connectivity index (χ3n) is 7.73. The van der Waals surface area contributed by atoms with Crippen molar-refractivity contribution >= 4 is 63.1 Å². The van der Waals surface area contributed by atoms with E-state index in [-0.39, 0.29) is 52.5 Å².